The predicted molar refractivity (Wildman–Crippen MR) is 73.9 cm³/mol. The fourth-order valence-electron chi connectivity index (χ4n) is 2.73. The minimum absolute atomic E-state index is 0.0368. The maximum atomic E-state index is 11.3. The summed E-state index contributed by atoms with van der Waals surface area (Å²) in [6.45, 7) is 10.6. The third kappa shape index (κ3) is 3.00. The summed E-state index contributed by atoms with van der Waals surface area (Å²) in [5, 5.41) is 17.1. The van der Waals surface area contributed by atoms with Gasteiger partial charge in [0, 0.05) is 5.41 Å². The molecule has 112 valence electrons. The molecule has 1 aliphatic heterocycles. The summed E-state index contributed by atoms with van der Waals surface area (Å²) >= 11 is 0. The molecular weight excluding hydrogens is 258 g/mol. The van der Waals surface area contributed by atoms with Crippen LogP contribution in [0, 0.1) is 0 Å². The predicted octanol–water partition coefficient (Wildman–Crippen LogP) is 2.23. The Morgan fingerprint density at radius 1 is 1.50 bits per heavy atom. The van der Waals surface area contributed by atoms with E-state index in [0.29, 0.717) is 12.2 Å². The van der Waals surface area contributed by atoms with Gasteiger partial charge < -0.3 is 9.84 Å². The highest BCUT2D eigenvalue weighted by Gasteiger charge is 2.34. The fraction of sp³-hybridized carbons (Fsp3) is 0.786. The van der Waals surface area contributed by atoms with Gasteiger partial charge in [-0.3, -0.25) is 0 Å². The normalized spacial score (nSPS) is 22.1. The standard InChI is InChI=1S/C14H23N3O3/c1-13(2,3)11-10(12(18)19)15-16-17(11)8-9-6-7-14(4,5)20-9/h9H,6-8H2,1-5H3,(H,18,19). The van der Waals surface area contributed by atoms with E-state index in [9.17, 15) is 9.90 Å². The molecule has 0 saturated carbocycles. The molecule has 0 aromatic carbocycles. The zero-order chi connectivity index (χ0) is 15.1. The Hall–Kier alpha value is -1.43. The van der Waals surface area contributed by atoms with Gasteiger partial charge in [0.1, 0.15) is 0 Å². The van der Waals surface area contributed by atoms with Crippen LogP contribution in [-0.4, -0.2) is 37.8 Å². The zero-order valence-electron chi connectivity index (χ0n) is 12.8. The van der Waals surface area contributed by atoms with Crippen LogP contribution in [0.2, 0.25) is 0 Å². The third-order valence-electron chi connectivity index (χ3n) is 3.58. The molecule has 0 spiro atoms. The SMILES string of the molecule is CC1(C)CCC(Cn2nnc(C(=O)O)c2C(C)(C)C)O1. The van der Waals surface area contributed by atoms with Crippen molar-refractivity contribution in [1.29, 1.82) is 0 Å². The van der Waals surface area contributed by atoms with Crippen molar-refractivity contribution in [3.8, 4) is 0 Å². The van der Waals surface area contributed by atoms with Crippen LogP contribution >= 0.6 is 0 Å². The zero-order valence-corrected chi connectivity index (χ0v) is 12.8. The lowest BCUT2D eigenvalue weighted by Gasteiger charge is -2.23. The first-order chi connectivity index (χ1) is 9.10. The Kier molecular flexibility index (Phi) is 3.62. The van der Waals surface area contributed by atoms with Crippen LogP contribution in [0.25, 0.3) is 0 Å². The van der Waals surface area contributed by atoms with Gasteiger partial charge in [0.25, 0.3) is 0 Å². The lowest BCUT2D eigenvalue weighted by atomic mass is 9.90. The summed E-state index contributed by atoms with van der Waals surface area (Å²) in [6, 6.07) is 0. The first-order valence-electron chi connectivity index (χ1n) is 6.95. The average Bonchev–Trinajstić information content (AvgIpc) is 2.82. The number of nitrogens with zero attached hydrogens (tertiary/aromatic N) is 3. The number of carboxylic acids is 1. The van der Waals surface area contributed by atoms with Crippen molar-refractivity contribution in [2.45, 2.75) is 71.1 Å². The first kappa shape index (κ1) is 15.0. The molecule has 1 aliphatic rings. The molecule has 1 saturated heterocycles. The van der Waals surface area contributed by atoms with Crippen LogP contribution in [0.15, 0.2) is 0 Å². The number of hydrogen-bond donors (Lipinski definition) is 1. The molecule has 6 nitrogen and oxygen atoms in total. The largest absolute Gasteiger partial charge is 0.476 e. The second-order valence-electron chi connectivity index (χ2n) is 7.06. The molecule has 6 heteroatoms. The van der Waals surface area contributed by atoms with E-state index in [-0.39, 0.29) is 22.8 Å². The summed E-state index contributed by atoms with van der Waals surface area (Å²) in [6.07, 6.45) is 2.02. The van der Waals surface area contributed by atoms with Crippen molar-refractivity contribution in [3.05, 3.63) is 11.4 Å². The maximum absolute atomic E-state index is 11.3. The summed E-state index contributed by atoms with van der Waals surface area (Å²) in [4.78, 5) is 11.3. The number of aromatic nitrogens is 3. The lowest BCUT2D eigenvalue weighted by molar-refractivity contribution is -0.0237. The van der Waals surface area contributed by atoms with E-state index < -0.39 is 5.97 Å². The molecule has 2 heterocycles. The van der Waals surface area contributed by atoms with Crippen molar-refractivity contribution < 1.29 is 14.6 Å². The molecular formula is C14H23N3O3. The quantitative estimate of drug-likeness (QED) is 0.919. The number of ether oxygens (including phenoxy) is 1. The van der Waals surface area contributed by atoms with Crippen molar-refractivity contribution in [1.82, 2.24) is 15.0 Å². The molecule has 0 amide bonds. The van der Waals surface area contributed by atoms with Gasteiger partial charge in [0.05, 0.1) is 23.9 Å². The monoisotopic (exact) mass is 281 g/mol. The maximum Gasteiger partial charge on any atom is 0.358 e. The van der Waals surface area contributed by atoms with E-state index in [4.69, 9.17) is 4.74 Å². The Morgan fingerprint density at radius 3 is 2.60 bits per heavy atom. The van der Waals surface area contributed by atoms with E-state index in [2.05, 4.69) is 24.2 Å². The molecule has 1 aromatic rings. The van der Waals surface area contributed by atoms with Crippen LogP contribution < -0.4 is 0 Å². The second-order valence-corrected chi connectivity index (χ2v) is 7.06. The van der Waals surface area contributed by atoms with Crippen molar-refractivity contribution in [2.75, 3.05) is 0 Å². The third-order valence-corrected chi connectivity index (χ3v) is 3.58. The molecule has 0 radical (unpaired) electrons. The van der Waals surface area contributed by atoms with Crippen LogP contribution in [-0.2, 0) is 16.7 Å². The van der Waals surface area contributed by atoms with E-state index in [1.165, 1.54) is 0 Å². The summed E-state index contributed by atoms with van der Waals surface area (Å²) < 4.78 is 7.64. The van der Waals surface area contributed by atoms with E-state index in [1.807, 2.05) is 20.8 Å². The van der Waals surface area contributed by atoms with Crippen molar-refractivity contribution in [3.63, 3.8) is 0 Å². The van der Waals surface area contributed by atoms with Crippen LogP contribution in [0.3, 0.4) is 0 Å². The topological polar surface area (TPSA) is 77.2 Å². The Bertz CT molecular complexity index is 514. The molecule has 0 aliphatic carbocycles. The van der Waals surface area contributed by atoms with Crippen LogP contribution in [0.4, 0.5) is 0 Å². The summed E-state index contributed by atoms with van der Waals surface area (Å²) in [5.41, 5.74) is 0.252. The van der Waals surface area contributed by atoms with Gasteiger partial charge in [0.15, 0.2) is 5.69 Å². The van der Waals surface area contributed by atoms with Gasteiger partial charge in [-0.25, -0.2) is 9.48 Å². The highest BCUT2D eigenvalue weighted by Crippen LogP contribution is 2.31. The van der Waals surface area contributed by atoms with Gasteiger partial charge in [-0.15, -0.1) is 5.10 Å². The first-order valence-corrected chi connectivity index (χ1v) is 6.95. The van der Waals surface area contributed by atoms with E-state index in [0.717, 1.165) is 12.8 Å². The fourth-order valence-corrected chi connectivity index (χ4v) is 2.73. The van der Waals surface area contributed by atoms with Gasteiger partial charge in [0.2, 0.25) is 0 Å². The van der Waals surface area contributed by atoms with E-state index in [1.54, 1.807) is 4.68 Å². The summed E-state index contributed by atoms with van der Waals surface area (Å²) in [5.74, 6) is -1.03. The Balaban J connectivity index is 2.27. The van der Waals surface area contributed by atoms with E-state index >= 15 is 0 Å². The van der Waals surface area contributed by atoms with Gasteiger partial charge in [-0.05, 0) is 26.7 Å². The molecule has 1 aromatic heterocycles. The smallest absolute Gasteiger partial charge is 0.358 e. The Labute approximate surface area is 119 Å². The highest BCUT2D eigenvalue weighted by atomic mass is 16.5. The van der Waals surface area contributed by atoms with Gasteiger partial charge in [-0.1, -0.05) is 26.0 Å². The minimum Gasteiger partial charge on any atom is -0.476 e. The van der Waals surface area contributed by atoms with Crippen LogP contribution in [0.5, 0.6) is 0 Å². The minimum atomic E-state index is -1.03. The molecule has 0 bridgehead atoms. The van der Waals surface area contributed by atoms with Crippen molar-refractivity contribution >= 4 is 5.97 Å². The average molecular weight is 281 g/mol. The second kappa shape index (κ2) is 4.84. The number of aromatic carboxylic acids is 1. The van der Waals surface area contributed by atoms with Gasteiger partial charge in [-0.2, -0.15) is 0 Å². The number of rotatable bonds is 3. The van der Waals surface area contributed by atoms with Crippen molar-refractivity contribution in [2.24, 2.45) is 0 Å². The van der Waals surface area contributed by atoms with Gasteiger partial charge >= 0.3 is 5.97 Å². The molecule has 1 atom stereocenters. The molecule has 1 unspecified atom stereocenters. The molecule has 1 N–H and O–H groups in total. The number of hydrogen-bond acceptors (Lipinski definition) is 4. The summed E-state index contributed by atoms with van der Waals surface area (Å²) in [7, 11) is 0. The number of carbonyl (C=O) groups is 1. The molecule has 20 heavy (non-hydrogen) atoms. The Morgan fingerprint density at radius 2 is 2.15 bits per heavy atom. The highest BCUT2D eigenvalue weighted by molar-refractivity contribution is 5.86. The van der Waals surface area contributed by atoms with Crippen LogP contribution in [0.1, 0.15) is 63.6 Å². The lowest BCUT2D eigenvalue weighted by Crippen LogP contribution is -2.27. The molecule has 1 fully saturated rings. The number of carboxylic acid groups (broad SMARTS) is 1. The molecule has 2 rings (SSSR count).